The summed E-state index contributed by atoms with van der Waals surface area (Å²) in [5, 5.41) is 3.86. The molecule has 2 heterocycles. The van der Waals surface area contributed by atoms with E-state index in [0.717, 1.165) is 68.6 Å². The number of halogens is 1. The summed E-state index contributed by atoms with van der Waals surface area (Å²) in [4.78, 5) is 18.7. The average Bonchev–Trinajstić information content (AvgIpc) is 3.24. The molecule has 1 N–H and O–H groups in total. The minimum atomic E-state index is 0.104. The van der Waals surface area contributed by atoms with Gasteiger partial charge in [-0.05, 0) is 56.7 Å². The van der Waals surface area contributed by atoms with Crippen LogP contribution in [0.3, 0.4) is 0 Å². The number of likely N-dealkylation sites (tertiary alicyclic amines) is 1. The van der Waals surface area contributed by atoms with Gasteiger partial charge in [0.25, 0.3) is 0 Å². The predicted octanol–water partition coefficient (Wildman–Crippen LogP) is 4.31. The molecule has 24 heavy (non-hydrogen) atoms. The quantitative estimate of drug-likeness (QED) is 0.880. The van der Waals surface area contributed by atoms with Gasteiger partial charge in [0.2, 0.25) is 0 Å². The van der Waals surface area contributed by atoms with Crippen molar-refractivity contribution < 1.29 is 9.21 Å². The first kappa shape index (κ1) is 15.8. The van der Waals surface area contributed by atoms with Crippen LogP contribution < -0.4 is 5.32 Å². The zero-order valence-electron chi connectivity index (χ0n) is 13.6. The third-order valence-corrected chi connectivity index (χ3v) is 5.40. The number of nitrogens with zero attached hydrogens (tertiary/aromatic N) is 2. The number of aromatic nitrogens is 1. The summed E-state index contributed by atoms with van der Waals surface area (Å²) in [6, 6.07) is 5.91. The topological polar surface area (TPSA) is 58.4 Å². The van der Waals surface area contributed by atoms with E-state index >= 15 is 0 Å². The lowest BCUT2D eigenvalue weighted by Gasteiger charge is -2.29. The Morgan fingerprint density at radius 1 is 1.21 bits per heavy atom. The third kappa shape index (κ3) is 3.22. The Hall–Kier alpha value is -1.75. The molecule has 6 heteroatoms. The lowest BCUT2D eigenvalue weighted by molar-refractivity contribution is 0.198. The largest absolute Gasteiger partial charge is 0.440 e. The number of urea groups is 1. The zero-order valence-corrected chi connectivity index (χ0v) is 14.4. The van der Waals surface area contributed by atoms with Crippen LogP contribution in [0.4, 0.5) is 4.79 Å². The monoisotopic (exact) mass is 347 g/mol. The van der Waals surface area contributed by atoms with Crippen molar-refractivity contribution in [1.29, 1.82) is 0 Å². The number of amides is 2. The lowest BCUT2D eigenvalue weighted by atomic mass is 9.86. The van der Waals surface area contributed by atoms with E-state index < -0.39 is 0 Å². The van der Waals surface area contributed by atoms with Gasteiger partial charge >= 0.3 is 6.03 Å². The summed E-state index contributed by atoms with van der Waals surface area (Å²) in [6.07, 6.45) is 6.19. The Balaban J connectivity index is 1.35. The Kier molecular flexibility index (Phi) is 4.35. The number of carbonyl (C=O) groups is 1. The van der Waals surface area contributed by atoms with Crippen molar-refractivity contribution in [3.63, 3.8) is 0 Å². The van der Waals surface area contributed by atoms with E-state index in [4.69, 9.17) is 16.0 Å². The first-order chi connectivity index (χ1) is 11.7. The van der Waals surface area contributed by atoms with Gasteiger partial charge in [-0.15, -0.1) is 0 Å². The molecule has 4 rings (SSSR count). The summed E-state index contributed by atoms with van der Waals surface area (Å²) >= 11 is 6.01. The maximum Gasteiger partial charge on any atom is 0.317 e. The van der Waals surface area contributed by atoms with Crippen molar-refractivity contribution >= 4 is 28.7 Å². The molecule has 128 valence electrons. The highest BCUT2D eigenvalue weighted by Crippen LogP contribution is 2.34. The first-order valence-corrected chi connectivity index (χ1v) is 9.18. The van der Waals surface area contributed by atoms with Gasteiger partial charge in [-0.2, -0.15) is 0 Å². The van der Waals surface area contributed by atoms with Gasteiger partial charge in [0.1, 0.15) is 5.52 Å². The van der Waals surface area contributed by atoms with Gasteiger partial charge in [-0.1, -0.05) is 11.6 Å². The fourth-order valence-corrected chi connectivity index (χ4v) is 3.93. The number of hydrogen-bond acceptors (Lipinski definition) is 3. The van der Waals surface area contributed by atoms with Crippen molar-refractivity contribution in [2.45, 2.75) is 50.5 Å². The second kappa shape index (κ2) is 6.63. The van der Waals surface area contributed by atoms with Crippen LogP contribution in [0.15, 0.2) is 22.6 Å². The molecule has 5 nitrogen and oxygen atoms in total. The second-order valence-corrected chi connectivity index (χ2v) is 7.29. The van der Waals surface area contributed by atoms with Gasteiger partial charge in [0, 0.05) is 30.1 Å². The third-order valence-electron chi connectivity index (χ3n) is 5.16. The standard InChI is InChI=1S/C18H22ClN3O2/c19-13-5-8-16-15(11-13)21-17(24-16)12-3-6-14(7-4-12)20-18(23)22-9-1-2-10-22/h5,8,11-12,14H,1-4,6-7,9-10H2,(H,20,23). The van der Waals surface area contributed by atoms with Crippen molar-refractivity contribution in [1.82, 2.24) is 15.2 Å². The van der Waals surface area contributed by atoms with Crippen LogP contribution in [-0.2, 0) is 0 Å². The molecule has 2 aromatic rings. The number of nitrogens with one attached hydrogen (secondary N) is 1. The first-order valence-electron chi connectivity index (χ1n) is 8.80. The smallest absolute Gasteiger partial charge is 0.317 e. The highest BCUT2D eigenvalue weighted by Gasteiger charge is 2.28. The summed E-state index contributed by atoms with van der Waals surface area (Å²) in [6.45, 7) is 1.79. The number of hydrogen-bond donors (Lipinski definition) is 1. The van der Waals surface area contributed by atoms with Gasteiger partial charge in [-0.3, -0.25) is 0 Å². The summed E-state index contributed by atoms with van der Waals surface area (Å²) in [5.74, 6) is 1.13. The highest BCUT2D eigenvalue weighted by atomic mass is 35.5. The van der Waals surface area contributed by atoms with Crippen LogP contribution in [-0.4, -0.2) is 35.0 Å². The van der Waals surface area contributed by atoms with Crippen molar-refractivity contribution in [3.8, 4) is 0 Å². The number of oxazole rings is 1. The second-order valence-electron chi connectivity index (χ2n) is 6.86. The lowest BCUT2D eigenvalue weighted by Crippen LogP contribution is -2.44. The molecule has 1 aliphatic carbocycles. The number of carbonyl (C=O) groups excluding carboxylic acids is 1. The van der Waals surface area contributed by atoms with Crippen LogP contribution in [0.1, 0.15) is 50.3 Å². The molecule has 1 saturated carbocycles. The number of benzene rings is 1. The van der Waals surface area contributed by atoms with E-state index in [0.29, 0.717) is 10.9 Å². The van der Waals surface area contributed by atoms with Crippen molar-refractivity contribution in [2.75, 3.05) is 13.1 Å². The van der Waals surface area contributed by atoms with Crippen LogP contribution in [0.25, 0.3) is 11.1 Å². The van der Waals surface area contributed by atoms with E-state index in [1.807, 2.05) is 23.1 Å². The molecule has 2 aliphatic rings. The molecular weight excluding hydrogens is 326 g/mol. The highest BCUT2D eigenvalue weighted by molar-refractivity contribution is 6.31. The SMILES string of the molecule is O=C(NC1CCC(c2nc3cc(Cl)ccc3o2)CC1)N1CCCC1. The van der Waals surface area contributed by atoms with Gasteiger partial charge < -0.3 is 14.6 Å². The molecule has 1 aromatic heterocycles. The molecule has 0 bridgehead atoms. The Morgan fingerprint density at radius 2 is 1.96 bits per heavy atom. The number of rotatable bonds is 2. The van der Waals surface area contributed by atoms with E-state index in [-0.39, 0.29) is 12.1 Å². The van der Waals surface area contributed by atoms with Gasteiger partial charge in [0.15, 0.2) is 11.5 Å². The molecule has 0 radical (unpaired) electrons. The Bertz CT molecular complexity index is 731. The van der Waals surface area contributed by atoms with Crippen LogP contribution in [0.2, 0.25) is 5.02 Å². The predicted molar refractivity (Wildman–Crippen MR) is 93.4 cm³/mol. The van der Waals surface area contributed by atoms with E-state index in [2.05, 4.69) is 10.3 Å². The van der Waals surface area contributed by atoms with E-state index in [1.165, 1.54) is 0 Å². The molecule has 2 fully saturated rings. The minimum Gasteiger partial charge on any atom is -0.440 e. The molecule has 1 aromatic carbocycles. The Labute approximate surface area is 146 Å². The summed E-state index contributed by atoms with van der Waals surface area (Å²) in [7, 11) is 0. The fourth-order valence-electron chi connectivity index (χ4n) is 3.76. The van der Waals surface area contributed by atoms with Crippen LogP contribution in [0.5, 0.6) is 0 Å². The van der Waals surface area contributed by atoms with E-state index in [9.17, 15) is 4.79 Å². The summed E-state index contributed by atoms with van der Waals surface area (Å²) in [5.41, 5.74) is 1.61. The minimum absolute atomic E-state index is 0.104. The van der Waals surface area contributed by atoms with Crippen molar-refractivity contribution in [2.24, 2.45) is 0 Å². The fraction of sp³-hybridized carbons (Fsp3) is 0.556. The van der Waals surface area contributed by atoms with Crippen LogP contribution in [0, 0.1) is 0 Å². The van der Waals surface area contributed by atoms with Crippen molar-refractivity contribution in [3.05, 3.63) is 29.1 Å². The Morgan fingerprint density at radius 3 is 2.71 bits per heavy atom. The molecular formula is C18H22ClN3O2. The maximum atomic E-state index is 12.2. The molecule has 1 aliphatic heterocycles. The van der Waals surface area contributed by atoms with Gasteiger partial charge in [-0.25, -0.2) is 9.78 Å². The zero-order chi connectivity index (χ0) is 16.5. The summed E-state index contributed by atoms with van der Waals surface area (Å²) < 4.78 is 5.89. The van der Waals surface area contributed by atoms with Gasteiger partial charge in [0.05, 0.1) is 0 Å². The normalized spacial score (nSPS) is 24.5. The molecule has 2 amide bonds. The molecule has 0 unspecified atom stereocenters. The maximum absolute atomic E-state index is 12.2. The van der Waals surface area contributed by atoms with E-state index in [1.54, 1.807) is 0 Å². The van der Waals surface area contributed by atoms with Crippen LogP contribution >= 0.6 is 11.6 Å². The molecule has 0 atom stereocenters. The molecule has 1 saturated heterocycles. The average molecular weight is 348 g/mol. The molecule has 0 spiro atoms. The number of fused-ring (bicyclic) bond motifs is 1.